The zero-order valence-corrected chi connectivity index (χ0v) is 22.8. The summed E-state index contributed by atoms with van der Waals surface area (Å²) in [5.41, 5.74) is 5.68. The Labute approximate surface area is 230 Å². The first kappa shape index (κ1) is 26.0. The number of methoxy groups -OCH3 is 1. The molecule has 1 N–H and O–H groups in total. The summed E-state index contributed by atoms with van der Waals surface area (Å²) in [5, 5.41) is 10.1. The third kappa shape index (κ3) is 5.61. The summed E-state index contributed by atoms with van der Waals surface area (Å²) in [6, 6.07) is 21.0. The number of hydrazone groups is 1. The molecule has 2 aliphatic rings. The van der Waals surface area contributed by atoms with Crippen LogP contribution in [0.5, 0.6) is 5.75 Å². The van der Waals surface area contributed by atoms with Gasteiger partial charge in [-0.1, -0.05) is 65.3 Å². The van der Waals surface area contributed by atoms with Crippen LogP contribution >= 0.6 is 23.4 Å². The molecular formula is C29H27ClN4O3S. The molecule has 2 aliphatic heterocycles. The molecule has 3 aromatic rings. The van der Waals surface area contributed by atoms with Gasteiger partial charge in [0.05, 0.1) is 18.9 Å². The van der Waals surface area contributed by atoms with Crippen molar-refractivity contribution in [2.45, 2.75) is 38.0 Å². The van der Waals surface area contributed by atoms with Crippen LogP contribution < -0.4 is 10.1 Å². The number of nitrogens with one attached hydrogen (secondary N) is 1. The van der Waals surface area contributed by atoms with E-state index >= 15 is 0 Å². The van der Waals surface area contributed by atoms with Crippen LogP contribution in [-0.2, 0) is 9.59 Å². The highest BCUT2D eigenvalue weighted by atomic mass is 35.5. The minimum Gasteiger partial charge on any atom is -0.497 e. The molecule has 2 heterocycles. The maximum Gasteiger partial charge on any atom is 0.262 e. The number of aliphatic imine (C=N–C) groups is 1. The Hall–Kier alpha value is -3.62. The van der Waals surface area contributed by atoms with E-state index in [2.05, 4.69) is 10.3 Å². The molecule has 0 saturated heterocycles. The Morgan fingerprint density at radius 3 is 2.53 bits per heavy atom. The molecule has 194 valence electrons. The summed E-state index contributed by atoms with van der Waals surface area (Å²) in [7, 11) is 1.63. The number of nitrogens with zero attached hydrogens (tertiary/aromatic N) is 3. The minimum absolute atomic E-state index is 0.0264. The average Bonchev–Trinajstić information content (AvgIpc) is 3.50. The standard InChI is InChI=1S/C29H27ClN4O3S/c1-17-4-13-23(18(2)14-17)31-27(35)16-26-28(36)32-29(38-26)34-25(20-7-11-22(37-3)12-8-20)15-24(33-34)19-5-9-21(30)10-6-19/h4-14,25-26H,15-16H2,1-3H3,(H,31,35)/t25-,26+/m0/s1. The van der Waals surface area contributed by atoms with E-state index in [9.17, 15) is 9.59 Å². The van der Waals surface area contributed by atoms with E-state index < -0.39 is 5.25 Å². The lowest BCUT2D eigenvalue weighted by Gasteiger charge is -2.23. The second-order valence-electron chi connectivity index (χ2n) is 9.30. The van der Waals surface area contributed by atoms with E-state index in [0.717, 1.165) is 39.4 Å². The zero-order chi connectivity index (χ0) is 26.8. The van der Waals surface area contributed by atoms with Gasteiger partial charge in [-0.15, -0.1) is 0 Å². The minimum atomic E-state index is -0.609. The second-order valence-corrected chi connectivity index (χ2v) is 10.9. The molecular weight excluding hydrogens is 520 g/mol. The molecule has 0 unspecified atom stereocenters. The fraction of sp³-hybridized carbons (Fsp3) is 0.241. The van der Waals surface area contributed by atoms with Crippen molar-refractivity contribution in [2.75, 3.05) is 12.4 Å². The van der Waals surface area contributed by atoms with E-state index in [1.165, 1.54) is 11.8 Å². The van der Waals surface area contributed by atoms with E-state index in [4.69, 9.17) is 21.4 Å². The molecule has 0 fully saturated rings. The number of thioether (sulfide) groups is 1. The SMILES string of the molecule is COc1ccc([C@@H]2CC(c3ccc(Cl)cc3)=NN2C2=NC(=O)[C@@H](CC(=O)Nc3ccc(C)cc3C)S2)cc1. The largest absolute Gasteiger partial charge is 0.497 e. The molecule has 0 radical (unpaired) electrons. The summed E-state index contributed by atoms with van der Waals surface area (Å²) >= 11 is 7.37. The van der Waals surface area contributed by atoms with Gasteiger partial charge in [0.15, 0.2) is 5.17 Å². The van der Waals surface area contributed by atoms with Crippen molar-refractivity contribution in [1.82, 2.24) is 5.01 Å². The molecule has 38 heavy (non-hydrogen) atoms. The van der Waals surface area contributed by atoms with Gasteiger partial charge in [0.25, 0.3) is 5.91 Å². The van der Waals surface area contributed by atoms with Crippen molar-refractivity contribution in [1.29, 1.82) is 0 Å². The fourth-order valence-electron chi connectivity index (χ4n) is 4.52. The van der Waals surface area contributed by atoms with Crippen LogP contribution in [0.2, 0.25) is 5.02 Å². The van der Waals surface area contributed by atoms with Crippen molar-refractivity contribution in [3.8, 4) is 5.75 Å². The first-order chi connectivity index (χ1) is 18.3. The van der Waals surface area contributed by atoms with Gasteiger partial charge >= 0.3 is 0 Å². The number of anilines is 1. The number of hydrogen-bond acceptors (Lipinski definition) is 6. The average molecular weight is 547 g/mol. The van der Waals surface area contributed by atoms with Crippen LogP contribution in [-0.4, -0.2) is 40.1 Å². The van der Waals surface area contributed by atoms with E-state index in [-0.39, 0.29) is 24.3 Å². The number of rotatable bonds is 6. The molecule has 0 aromatic heterocycles. The monoisotopic (exact) mass is 546 g/mol. The Morgan fingerprint density at radius 2 is 1.84 bits per heavy atom. The van der Waals surface area contributed by atoms with Crippen molar-refractivity contribution in [3.05, 3.63) is 94.0 Å². The number of amidine groups is 1. The number of carbonyl (C=O) groups excluding carboxylic acids is 2. The number of benzene rings is 3. The number of carbonyl (C=O) groups is 2. The maximum absolute atomic E-state index is 12.9. The van der Waals surface area contributed by atoms with Crippen LogP contribution in [0, 0.1) is 13.8 Å². The summed E-state index contributed by atoms with van der Waals surface area (Å²) in [6.45, 7) is 3.95. The van der Waals surface area contributed by atoms with Gasteiger partial charge < -0.3 is 10.1 Å². The molecule has 3 aromatic carbocycles. The molecule has 0 aliphatic carbocycles. The molecule has 5 rings (SSSR count). The molecule has 0 saturated carbocycles. The summed E-state index contributed by atoms with van der Waals surface area (Å²) < 4.78 is 5.32. The number of halogens is 1. The van der Waals surface area contributed by atoms with Crippen molar-refractivity contribution >= 4 is 51.7 Å². The van der Waals surface area contributed by atoms with E-state index in [0.29, 0.717) is 16.6 Å². The topological polar surface area (TPSA) is 83.4 Å². The van der Waals surface area contributed by atoms with Gasteiger partial charge in [-0.3, -0.25) is 9.59 Å². The fourth-order valence-corrected chi connectivity index (χ4v) is 5.70. The second kappa shape index (κ2) is 11.0. The highest BCUT2D eigenvalue weighted by molar-refractivity contribution is 8.15. The number of amides is 2. The van der Waals surface area contributed by atoms with Crippen molar-refractivity contribution in [2.24, 2.45) is 10.1 Å². The Kier molecular flexibility index (Phi) is 7.53. The predicted molar refractivity (Wildman–Crippen MR) is 153 cm³/mol. The Bertz CT molecular complexity index is 1440. The highest BCUT2D eigenvalue weighted by Crippen LogP contribution is 2.39. The van der Waals surface area contributed by atoms with E-state index in [1.807, 2.05) is 80.6 Å². The lowest BCUT2D eigenvalue weighted by Crippen LogP contribution is -2.25. The summed E-state index contributed by atoms with van der Waals surface area (Å²) in [6.07, 6.45) is 0.651. The van der Waals surface area contributed by atoms with Crippen LogP contribution in [0.15, 0.2) is 76.8 Å². The third-order valence-electron chi connectivity index (χ3n) is 6.54. The van der Waals surface area contributed by atoms with Gasteiger partial charge in [-0.05, 0) is 60.9 Å². The first-order valence-electron chi connectivity index (χ1n) is 12.2. The summed E-state index contributed by atoms with van der Waals surface area (Å²) in [4.78, 5) is 30.0. The van der Waals surface area contributed by atoms with Crippen LogP contribution in [0.25, 0.3) is 0 Å². The molecule has 0 bridgehead atoms. The van der Waals surface area contributed by atoms with Gasteiger partial charge in [-0.2, -0.15) is 10.1 Å². The highest BCUT2D eigenvalue weighted by Gasteiger charge is 2.39. The van der Waals surface area contributed by atoms with E-state index in [1.54, 1.807) is 12.1 Å². The number of ether oxygens (including phenoxy) is 1. The number of aryl methyl sites for hydroxylation is 2. The maximum atomic E-state index is 12.9. The smallest absolute Gasteiger partial charge is 0.262 e. The molecule has 2 amide bonds. The molecule has 0 spiro atoms. The molecule has 2 atom stereocenters. The normalized spacial score (nSPS) is 18.8. The predicted octanol–water partition coefficient (Wildman–Crippen LogP) is 6.14. The Morgan fingerprint density at radius 1 is 1.11 bits per heavy atom. The lowest BCUT2D eigenvalue weighted by atomic mass is 9.98. The van der Waals surface area contributed by atoms with Crippen LogP contribution in [0.3, 0.4) is 0 Å². The zero-order valence-electron chi connectivity index (χ0n) is 21.3. The summed E-state index contributed by atoms with van der Waals surface area (Å²) in [5.74, 6) is 0.205. The van der Waals surface area contributed by atoms with Gasteiger partial charge in [0.2, 0.25) is 5.91 Å². The van der Waals surface area contributed by atoms with Gasteiger partial charge in [-0.25, -0.2) is 5.01 Å². The first-order valence-corrected chi connectivity index (χ1v) is 13.5. The van der Waals surface area contributed by atoms with Crippen LogP contribution in [0.4, 0.5) is 5.69 Å². The molecule has 7 nitrogen and oxygen atoms in total. The van der Waals surface area contributed by atoms with Gasteiger partial charge in [0.1, 0.15) is 11.0 Å². The quantitative estimate of drug-likeness (QED) is 0.401. The Balaban J connectivity index is 1.35. The third-order valence-corrected chi connectivity index (χ3v) is 7.93. The van der Waals surface area contributed by atoms with Crippen molar-refractivity contribution < 1.29 is 14.3 Å². The molecule has 9 heteroatoms. The number of hydrogen-bond donors (Lipinski definition) is 1. The van der Waals surface area contributed by atoms with Crippen LogP contribution in [0.1, 0.15) is 41.1 Å². The van der Waals surface area contributed by atoms with Gasteiger partial charge in [0, 0.05) is 23.6 Å². The van der Waals surface area contributed by atoms with Crippen molar-refractivity contribution in [3.63, 3.8) is 0 Å². The lowest BCUT2D eigenvalue weighted by molar-refractivity contribution is -0.121.